The summed E-state index contributed by atoms with van der Waals surface area (Å²) in [6.07, 6.45) is 4.76. The van der Waals surface area contributed by atoms with Crippen molar-refractivity contribution in [3.63, 3.8) is 0 Å². The summed E-state index contributed by atoms with van der Waals surface area (Å²) in [4.78, 5) is 18.6. The predicted molar refractivity (Wildman–Crippen MR) is 146 cm³/mol. The summed E-state index contributed by atoms with van der Waals surface area (Å²) < 4.78 is 2.13. The lowest BCUT2D eigenvalue weighted by molar-refractivity contribution is 0.187. The van der Waals surface area contributed by atoms with Crippen molar-refractivity contribution in [1.29, 1.82) is 0 Å². The standard InChI is InChI=1S/C26H21Cl3N6S/c27-15-2-1-3-18(22(15)29)36-19-5-7-21-33-24(17-13-31-25(19)35(17)21)34-10-8-26(9-11-34)12-16-14(23(26)30)4-6-20(28)32-16/h1-7,13,23H,8-12,30H2/t23-/m1/s1. The van der Waals surface area contributed by atoms with E-state index in [0.29, 0.717) is 15.2 Å². The molecular weight excluding hydrogens is 535 g/mol. The number of aromatic nitrogens is 4. The van der Waals surface area contributed by atoms with Gasteiger partial charge in [-0.05, 0) is 60.6 Å². The highest BCUT2D eigenvalue weighted by molar-refractivity contribution is 7.99. The van der Waals surface area contributed by atoms with Crippen molar-refractivity contribution >= 4 is 69.2 Å². The van der Waals surface area contributed by atoms with Crippen molar-refractivity contribution in [1.82, 2.24) is 19.4 Å². The zero-order chi connectivity index (χ0) is 24.6. The van der Waals surface area contributed by atoms with Crippen LogP contribution in [0.1, 0.15) is 30.1 Å². The molecule has 0 radical (unpaired) electrons. The van der Waals surface area contributed by atoms with Crippen LogP contribution in [0.3, 0.4) is 0 Å². The number of imidazole rings is 2. The fourth-order valence-electron chi connectivity index (χ4n) is 5.80. The highest BCUT2D eigenvalue weighted by Crippen LogP contribution is 2.51. The maximum atomic E-state index is 6.75. The Morgan fingerprint density at radius 1 is 0.972 bits per heavy atom. The van der Waals surface area contributed by atoms with Gasteiger partial charge in [0.05, 0.1) is 21.1 Å². The van der Waals surface area contributed by atoms with Gasteiger partial charge in [0.15, 0.2) is 11.5 Å². The van der Waals surface area contributed by atoms with Crippen LogP contribution >= 0.6 is 46.6 Å². The average molecular weight is 556 g/mol. The van der Waals surface area contributed by atoms with Crippen LogP contribution in [0.5, 0.6) is 0 Å². The molecule has 1 atom stereocenters. The van der Waals surface area contributed by atoms with Crippen LogP contribution in [-0.2, 0) is 6.42 Å². The van der Waals surface area contributed by atoms with Gasteiger partial charge in [-0.3, -0.25) is 4.40 Å². The zero-order valence-corrected chi connectivity index (χ0v) is 22.2. The van der Waals surface area contributed by atoms with Gasteiger partial charge in [0, 0.05) is 29.7 Å². The fraction of sp³-hybridized carbons (Fsp3) is 0.269. The summed E-state index contributed by atoms with van der Waals surface area (Å²) >= 11 is 20.4. The lowest BCUT2D eigenvalue weighted by Crippen LogP contribution is -2.44. The Labute approximate surface area is 227 Å². The topological polar surface area (TPSA) is 72.3 Å². The molecule has 1 aliphatic heterocycles. The minimum Gasteiger partial charge on any atom is -0.355 e. The Balaban J connectivity index is 1.17. The highest BCUT2D eigenvalue weighted by Gasteiger charge is 2.47. The number of nitrogens with two attached hydrogens (primary N) is 1. The summed E-state index contributed by atoms with van der Waals surface area (Å²) in [5.41, 5.74) is 11.7. The van der Waals surface area contributed by atoms with Crippen molar-refractivity contribution in [3.8, 4) is 0 Å². The molecule has 182 valence electrons. The summed E-state index contributed by atoms with van der Waals surface area (Å²) in [7, 11) is 0. The minimum absolute atomic E-state index is 0.0123. The molecule has 1 aliphatic carbocycles. The van der Waals surface area contributed by atoms with Gasteiger partial charge in [0.1, 0.15) is 16.3 Å². The van der Waals surface area contributed by atoms with Crippen molar-refractivity contribution in [3.05, 3.63) is 75.1 Å². The molecule has 36 heavy (non-hydrogen) atoms. The Bertz CT molecular complexity index is 1630. The number of hydrogen-bond donors (Lipinski definition) is 1. The number of anilines is 1. The van der Waals surface area contributed by atoms with E-state index >= 15 is 0 Å². The summed E-state index contributed by atoms with van der Waals surface area (Å²) in [6.45, 7) is 1.77. The van der Waals surface area contributed by atoms with Crippen LogP contribution in [0.2, 0.25) is 15.2 Å². The molecule has 0 amide bonds. The normalized spacial score (nSPS) is 19.1. The van der Waals surface area contributed by atoms with Crippen molar-refractivity contribution in [2.75, 3.05) is 18.0 Å². The van der Waals surface area contributed by atoms with Crippen LogP contribution in [-0.4, -0.2) is 32.4 Å². The molecule has 7 rings (SSSR count). The maximum absolute atomic E-state index is 6.75. The molecule has 4 aromatic heterocycles. The SMILES string of the molecule is N[C@@H]1c2ccc(Cl)nc2CC12CCN(c1nc3ccc(Sc4cccc(Cl)c4Cl)c4ncc1n34)CC2. The molecule has 2 aliphatic rings. The molecule has 0 unspecified atom stereocenters. The number of pyridine rings is 2. The van der Waals surface area contributed by atoms with E-state index in [9.17, 15) is 0 Å². The third kappa shape index (κ3) is 3.41. The van der Waals surface area contributed by atoms with Crippen LogP contribution in [0.15, 0.2) is 58.5 Å². The summed E-state index contributed by atoms with van der Waals surface area (Å²) in [6, 6.07) is 13.6. The Morgan fingerprint density at radius 2 is 1.81 bits per heavy atom. The smallest absolute Gasteiger partial charge is 0.157 e. The van der Waals surface area contributed by atoms with Gasteiger partial charge in [0.2, 0.25) is 0 Å². The zero-order valence-electron chi connectivity index (χ0n) is 19.1. The molecule has 0 bridgehead atoms. The minimum atomic E-state index is -0.0123. The lowest BCUT2D eigenvalue weighted by atomic mass is 9.73. The molecule has 1 spiro atoms. The Kier molecular flexibility index (Phi) is 5.31. The van der Waals surface area contributed by atoms with Crippen LogP contribution in [0.25, 0.3) is 16.8 Å². The van der Waals surface area contributed by atoms with Crippen LogP contribution in [0.4, 0.5) is 5.82 Å². The second kappa shape index (κ2) is 8.36. The van der Waals surface area contributed by atoms with E-state index in [1.54, 1.807) is 17.8 Å². The number of benzene rings is 1. The number of nitrogens with zero attached hydrogens (tertiary/aromatic N) is 5. The first kappa shape index (κ1) is 22.9. The fourth-order valence-corrected chi connectivity index (χ4v) is 7.39. The maximum Gasteiger partial charge on any atom is 0.157 e. The Morgan fingerprint density at radius 3 is 2.64 bits per heavy atom. The van der Waals surface area contributed by atoms with Crippen LogP contribution in [0, 0.1) is 5.41 Å². The van der Waals surface area contributed by atoms with E-state index in [2.05, 4.69) is 14.3 Å². The lowest BCUT2D eigenvalue weighted by Gasteiger charge is -2.42. The van der Waals surface area contributed by atoms with E-state index in [1.807, 2.05) is 42.6 Å². The second-order valence-electron chi connectivity index (χ2n) is 9.62. The Hall–Kier alpha value is -2.29. The largest absolute Gasteiger partial charge is 0.355 e. The number of halogens is 3. The summed E-state index contributed by atoms with van der Waals surface area (Å²) in [5, 5.41) is 1.63. The van der Waals surface area contributed by atoms with Gasteiger partial charge >= 0.3 is 0 Å². The molecule has 2 N–H and O–H groups in total. The third-order valence-electron chi connectivity index (χ3n) is 7.73. The van der Waals surface area contributed by atoms with E-state index in [0.717, 1.165) is 76.0 Å². The number of hydrogen-bond acceptors (Lipinski definition) is 6. The first-order valence-corrected chi connectivity index (χ1v) is 13.8. The molecule has 5 aromatic rings. The van der Waals surface area contributed by atoms with Gasteiger partial charge in [-0.1, -0.05) is 58.7 Å². The van der Waals surface area contributed by atoms with Crippen LogP contribution < -0.4 is 10.6 Å². The van der Waals surface area contributed by atoms with E-state index in [4.69, 9.17) is 50.5 Å². The molecule has 10 heteroatoms. The number of rotatable bonds is 3. The third-order valence-corrected chi connectivity index (χ3v) is 9.97. The van der Waals surface area contributed by atoms with Gasteiger partial charge in [0.25, 0.3) is 0 Å². The molecular formula is C26H21Cl3N6S. The highest BCUT2D eigenvalue weighted by atomic mass is 35.5. The van der Waals surface area contributed by atoms with Gasteiger partial charge in [-0.15, -0.1) is 0 Å². The van der Waals surface area contributed by atoms with Crippen molar-refractivity contribution < 1.29 is 0 Å². The summed E-state index contributed by atoms with van der Waals surface area (Å²) in [5.74, 6) is 0.973. The van der Waals surface area contributed by atoms with E-state index in [1.165, 1.54) is 0 Å². The first-order chi connectivity index (χ1) is 17.4. The molecule has 5 heterocycles. The second-order valence-corrected chi connectivity index (χ2v) is 11.9. The number of fused-ring (bicyclic) bond motifs is 1. The molecule has 1 aromatic carbocycles. The van der Waals surface area contributed by atoms with Crippen molar-refractivity contribution in [2.45, 2.75) is 35.1 Å². The van der Waals surface area contributed by atoms with E-state index < -0.39 is 0 Å². The molecule has 1 fully saturated rings. The van der Waals surface area contributed by atoms with Crippen molar-refractivity contribution in [2.24, 2.45) is 11.1 Å². The predicted octanol–water partition coefficient (Wildman–Crippen LogP) is 6.67. The molecule has 1 saturated heterocycles. The quantitative estimate of drug-likeness (QED) is 0.251. The molecule has 0 saturated carbocycles. The first-order valence-electron chi connectivity index (χ1n) is 11.8. The van der Waals surface area contributed by atoms with Gasteiger partial charge in [-0.25, -0.2) is 15.0 Å². The van der Waals surface area contributed by atoms with Gasteiger partial charge < -0.3 is 10.6 Å². The number of piperidine rings is 1. The monoisotopic (exact) mass is 554 g/mol. The van der Waals surface area contributed by atoms with Gasteiger partial charge in [-0.2, -0.15) is 0 Å². The average Bonchev–Trinajstić information content (AvgIpc) is 3.54. The molecule has 6 nitrogen and oxygen atoms in total. The van der Waals surface area contributed by atoms with E-state index in [-0.39, 0.29) is 11.5 Å².